The molecule has 0 bridgehead atoms. The maximum atomic E-state index is 13.0. The van der Waals surface area contributed by atoms with Gasteiger partial charge in [-0.1, -0.05) is 31.2 Å². The summed E-state index contributed by atoms with van der Waals surface area (Å²) in [6.45, 7) is 6.82. The van der Waals surface area contributed by atoms with Crippen LogP contribution in [0.4, 0.5) is 13.2 Å². The second kappa shape index (κ2) is 11.6. The number of nitrogens with one attached hydrogen (secondary N) is 1. The van der Waals surface area contributed by atoms with Crippen LogP contribution < -0.4 is 5.32 Å². The monoisotopic (exact) mass is 574 g/mol. The van der Waals surface area contributed by atoms with E-state index in [2.05, 4.69) is 41.4 Å². The summed E-state index contributed by atoms with van der Waals surface area (Å²) < 4.78 is 45.3. The van der Waals surface area contributed by atoms with Crippen molar-refractivity contribution in [3.05, 3.63) is 86.6 Å². The minimum absolute atomic E-state index is 0.00648. The Balaban J connectivity index is 1.22. The number of hydrogen-bond donors (Lipinski definition) is 1. The van der Waals surface area contributed by atoms with E-state index in [1.807, 2.05) is 13.0 Å². The van der Waals surface area contributed by atoms with Crippen LogP contribution in [-0.4, -0.2) is 36.3 Å². The summed E-state index contributed by atoms with van der Waals surface area (Å²) in [4.78, 5) is 18.4. The van der Waals surface area contributed by atoms with Gasteiger partial charge in [-0.25, -0.2) is 0 Å². The molecule has 0 aliphatic carbocycles. The molecule has 0 saturated carbocycles. The molecule has 1 unspecified atom stereocenters. The second-order valence-electron chi connectivity index (χ2n) is 10.1. The second-order valence-corrected chi connectivity index (χ2v) is 12.5. The molecule has 1 saturated heterocycles. The first kappa shape index (κ1) is 28.2. The molecule has 2 aliphatic rings. The number of halogens is 3. The number of benzene rings is 2. The highest BCUT2D eigenvalue weighted by Gasteiger charge is 2.43. The van der Waals surface area contributed by atoms with Crippen LogP contribution in [0, 0.1) is 0 Å². The van der Waals surface area contributed by atoms with Gasteiger partial charge in [0, 0.05) is 35.4 Å². The van der Waals surface area contributed by atoms with Gasteiger partial charge in [0.2, 0.25) is 0 Å². The van der Waals surface area contributed by atoms with Crippen molar-refractivity contribution in [1.82, 2.24) is 10.2 Å². The molecule has 1 atom stereocenters. The van der Waals surface area contributed by atoms with Crippen LogP contribution in [0.1, 0.15) is 69.5 Å². The van der Waals surface area contributed by atoms with Gasteiger partial charge in [0.1, 0.15) is 5.60 Å². The molecule has 3 aromatic rings. The Morgan fingerprint density at radius 3 is 2.46 bits per heavy atom. The fraction of sp³-hybridized carbons (Fsp3) is 0.433. The Hall–Kier alpha value is -2.33. The summed E-state index contributed by atoms with van der Waals surface area (Å²) in [7, 11) is 0. The van der Waals surface area contributed by atoms with E-state index in [1.54, 1.807) is 23.9 Å². The van der Waals surface area contributed by atoms with Crippen LogP contribution in [-0.2, 0) is 29.5 Å². The largest absolute Gasteiger partial charge is 0.416 e. The number of thiophene rings is 1. The summed E-state index contributed by atoms with van der Waals surface area (Å²) >= 11 is 3.33. The maximum absolute atomic E-state index is 13.0. The first-order valence-electron chi connectivity index (χ1n) is 13.4. The van der Waals surface area contributed by atoms with Gasteiger partial charge in [-0.05, 0) is 79.0 Å². The maximum Gasteiger partial charge on any atom is 0.416 e. The number of carbonyl (C=O) groups excluding carboxylic acids is 1. The van der Waals surface area contributed by atoms with Crippen LogP contribution in [0.3, 0.4) is 0 Å². The summed E-state index contributed by atoms with van der Waals surface area (Å²) in [5, 5.41) is 3.07. The van der Waals surface area contributed by atoms with Gasteiger partial charge >= 0.3 is 6.18 Å². The molecule has 2 aliphatic heterocycles. The predicted octanol–water partition coefficient (Wildman–Crippen LogP) is 7.43. The van der Waals surface area contributed by atoms with Gasteiger partial charge < -0.3 is 10.1 Å². The lowest BCUT2D eigenvalue weighted by molar-refractivity contribution is -0.137. The number of likely N-dealkylation sites (tertiary alicyclic amines) is 1. The molecule has 1 N–H and O–H groups in total. The van der Waals surface area contributed by atoms with Gasteiger partial charge in [-0.15, -0.1) is 23.1 Å². The number of piperidine rings is 1. The number of fused-ring (bicyclic) bond motifs is 2. The number of thioether (sulfide) groups is 1. The first-order valence-corrected chi connectivity index (χ1v) is 15.2. The van der Waals surface area contributed by atoms with Crippen LogP contribution in [0.15, 0.2) is 59.5 Å². The summed E-state index contributed by atoms with van der Waals surface area (Å²) in [6.07, 6.45) is -1.96. The molecule has 208 valence electrons. The van der Waals surface area contributed by atoms with Crippen molar-refractivity contribution in [2.24, 2.45) is 0 Å². The average Bonchev–Trinajstić information content (AvgIpc) is 3.39. The lowest BCUT2D eigenvalue weighted by atomic mass is 9.84. The Labute approximate surface area is 235 Å². The molecular formula is C30H33F3N2O2S2. The Kier molecular flexibility index (Phi) is 8.42. The zero-order valence-electron chi connectivity index (χ0n) is 22.1. The van der Waals surface area contributed by atoms with Crippen LogP contribution in [0.2, 0.25) is 0 Å². The summed E-state index contributed by atoms with van der Waals surface area (Å²) in [6, 6.07) is 15.8. The molecule has 1 amide bonds. The van der Waals surface area contributed by atoms with Crippen molar-refractivity contribution in [2.75, 3.05) is 25.4 Å². The van der Waals surface area contributed by atoms with Crippen LogP contribution in [0.5, 0.6) is 0 Å². The van der Waals surface area contributed by atoms with Crippen LogP contribution >= 0.6 is 23.1 Å². The fourth-order valence-corrected chi connectivity index (χ4v) is 7.47. The average molecular weight is 575 g/mol. The van der Waals surface area contributed by atoms with E-state index in [0.29, 0.717) is 18.0 Å². The highest BCUT2D eigenvalue weighted by Crippen LogP contribution is 2.46. The highest BCUT2D eigenvalue weighted by molar-refractivity contribution is 7.99. The van der Waals surface area contributed by atoms with Crippen molar-refractivity contribution in [3.63, 3.8) is 0 Å². The highest BCUT2D eigenvalue weighted by atomic mass is 32.2. The third kappa shape index (κ3) is 6.21. The molecular weight excluding hydrogens is 541 g/mol. The molecule has 1 aromatic heterocycles. The Bertz CT molecular complexity index is 1280. The number of rotatable bonds is 7. The molecule has 0 radical (unpaired) electrons. The van der Waals surface area contributed by atoms with Crippen molar-refractivity contribution in [3.8, 4) is 0 Å². The molecule has 4 nitrogen and oxygen atoms in total. The zero-order chi connectivity index (χ0) is 27.6. The Morgan fingerprint density at radius 2 is 1.82 bits per heavy atom. The van der Waals surface area contributed by atoms with E-state index in [4.69, 9.17) is 4.74 Å². The number of ether oxygens (including phenoxy) is 1. The number of hydrogen-bond acceptors (Lipinski definition) is 5. The normalized spacial score (nSPS) is 18.1. The predicted molar refractivity (Wildman–Crippen MR) is 150 cm³/mol. The van der Waals surface area contributed by atoms with E-state index in [-0.39, 0.29) is 11.9 Å². The minimum Gasteiger partial charge on any atom is -0.369 e. The molecule has 1 fully saturated rings. The van der Waals surface area contributed by atoms with Crippen molar-refractivity contribution in [2.45, 2.75) is 62.4 Å². The van der Waals surface area contributed by atoms with Gasteiger partial charge in [0.15, 0.2) is 0 Å². The quantitative estimate of drug-likeness (QED) is 0.298. The number of amides is 1. The van der Waals surface area contributed by atoms with Crippen molar-refractivity contribution < 1.29 is 22.7 Å². The topological polar surface area (TPSA) is 41.6 Å². The van der Waals surface area contributed by atoms with Gasteiger partial charge in [0.25, 0.3) is 5.91 Å². The zero-order valence-corrected chi connectivity index (χ0v) is 23.8. The van der Waals surface area contributed by atoms with E-state index in [1.165, 1.54) is 21.8 Å². The fourth-order valence-electron chi connectivity index (χ4n) is 5.48. The minimum atomic E-state index is -4.33. The molecule has 3 heterocycles. The first-order chi connectivity index (χ1) is 18.7. The van der Waals surface area contributed by atoms with Gasteiger partial charge in [-0.3, -0.25) is 9.69 Å². The van der Waals surface area contributed by atoms with Gasteiger partial charge in [-0.2, -0.15) is 13.2 Å². The third-order valence-electron chi connectivity index (χ3n) is 7.76. The molecule has 5 rings (SSSR count). The van der Waals surface area contributed by atoms with E-state index >= 15 is 0 Å². The van der Waals surface area contributed by atoms with Crippen molar-refractivity contribution in [1.29, 1.82) is 0 Å². The van der Waals surface area contributed by atoms with Gasteiger partial charge in [0.05, 0.1) is 17.0 Å². The van der Waals surface area contributed by atoms with E-state index in [9.17, 15) is 18.0 Å². The molecule has 1 spiro atoms. The standard InChI is InChI=1S/C30H33F3N2O2S2/c1-3-38-25-10-4-21(5-11-25)19-34-28(36)26-18-23-12-17-37-29(27(23)39-26)13-15-35(16-14-29)20(2)22-6-8-24(9-7-22)30(31,32)33/h4-11,18,20H,3,12-17,19H2,1-2H3,(H,34,36). The van der Waals surface area contributed by atoms with Crippen molar-refractivity contribution >= 4 is 29.0 Å². The third-order valence-corrected chi connectivity index (χ3v) is 10.0. The molecule has 39 heavy (non-hydrogen) atoms. The lowest BCUT2D eigenvalue weighted by Crippen LogP contribution is -2.46. The molecule has 2 aromatic carbocycles. The number of nitrogens with zero attached hydrogens (tertiary/aromatic N) is 1. The lowest BCUT2D eigenvalue weighted by Gasteiger charge is -2.45. The smallest absolute Gasteiger partial charge is 0.369 e. The Morgan fingerprint density at radius 1 is 1.13 bits per heavy atom. The number of carbonyl (C=O) groups is 1. The summed E-state index contributed by atoms with van der Waals surface area (Å²) in [5.41, 5.74) is 2.11. The van der Waals surface area contributed by atoms with E-state index < -0.39 is 17.3 Å². The van der Waals surface area contributed by atoms with E-state index in [0.717, 1.165) is 66.2 Å². The molecule has 9 heteroatoms. The summed E-state index contributed by atoms with van der Waals surface area (Å²) in [5.74, 6) is 0.963. The number of alkyl halides is 3. The SMILES string of the molecule is CCSc1ccc(CNC(=O)c2cc3c(s2)C2(CCN(C(C)c4ccc(C(F)(F)F)cc4)CC2)OCC3)cc1. The van der Waals surface area contributed by atoms with Crippen LogP contribution in [0.25, 0.3) is 0 Å².